The number of benzene rings is 1. The molecule has 1 amide bonds. The number of hydrogen-bond donors (Lipinski definition) is 0. The van der Waals surface area contributed by atoms with E-state index in [1.807, 2.05) is 11.0 Å². The van der Waals surface area contributed by atoms with Crippen LogP contribution in [0.3, 0.4) is 0 Å². The van der Waals surface area contributed by atoms with Crippen LogP contribution in [0.25, 0.3) is 0 Å². The number of ketones is 1. The van der Waals surface area contributed by atoms with Crippen molar-refractivity contribution in [3.05, 3.63) is 35.4 Å². The van der Waals surface area contributed by atoms with E-state index in [4.69, 9.17) is 0 Å². The lowest BCUT2D eigenvalue weighted by Gasteiger charge is -2.27. The van der Waals surface area contributed by atoms with E-state index < -0.39 is 0 Å². The number of likely N-dealkylation sites (tertiary alicyclic amines) is 1. The molecular formula is C14H17NO2. The summed E-state index contributed by atoms with van der Waals surface area (Å²) in [5.41, 5.74) is 1.07. The molecule has 3 heteroatoms. The van der Waals surface area contributed by atoms with E-state index in [-0.39, 0.29) is 11.7 Å². The molecule has 1 aromatic carbocycles. The van der Waals surface area contributed by atoms with Crippen molar-refractivity contribution in [2.24, 2.45) is 0 Å². The number of Topliss-reactive ketones (excluding diaryl/α,β-unsaturated/α-hetero) is 1. The summed E-state index contributed by atoms with van der Waals surface area (Å²) in [6.07, 6.45) is 3.32. The Morgan fingerprint density at radius 1 is 1.00 bits per heavy atom. The standard InChI is InChI=1S/C14H17NO2/c1-11(16)12-7-3-4-8-13(12)14(17)15-9-5-2-6-10-15/h3-4,7-8H,2,5-6,9-10H2,1H3. The molecule has 2 rings (SSSR count). The summed E-state index contributed by atoms with van der Waals surface area (Å²) in [6, 6.07) is 7.07. The summed E-state index contributed by atoms with van der Waals surface area (Å²) in [6.45, 7) is 3.12. The van der Waals surface area contributed by atoms with Crippen molar-refractivity contribution in [1.82, 2.24) is 4.90 Å². The van der Waals surface area contributed by atoms with E-state index in [1.54, 1.807) is 18.2 Å². The van der Waals surface area contributed by atoms with Gasteiger partial charge in [-0.15, -0.1) is 0 Å². The molecule has 1 heterocycles. The van der Waals surface area contributed by atoms with E-state index in [9.17, 15) is 9.59 Å². The van der Waals surface area contributed by atoms with Gasteiger partial charge >= 0.3 is 0 Å². The first kappa shape index (κ1) is 11.8. The summed E-state index contributed by atoms with van der Waals surface area (Å²) in [4.78, 5) is 25.6. The van der Waals surface area contributed by atoms with E-state index in [1.165, 1.54) is 13.3 Å². The van der Waals surface area contributed by atoms with Gasteiger partial charge in [-0.2, -0.15) is 0 Å². The minimum absolute atomic E-state index is 0.00417. The van der Waals surface area contributed by atoms with Crippen LogP contribution < -0.4 is 0 Å². The van der Waals surface area contributed by atoms with Crippen LogP contribution in [-0.4, -0.2) is 29.7 Å². The summed E-state index contributed by atoms with van der Waals surface area (Å²) in [7, 11) is 0. The maximum Gasteiger partial charge on any atom is 0.254 e. The largest absolute Gasteiger partial charge is 0.339 e. The second-order valence-corrected chi connectivity index (χ2v) is 4.45. The highest BCUT2D eigenvalue weighted by molar-refractivity contribution is 6.07. The minimum Gasteiger partial charge on any atom is -0.339 e. The maximum atomic E-state index is 12.3. The number of piperidine rings is 1. The lowest BCUT2D eigenvalue weighted by atomic mass is 10.0. The van der Waals surface area contributed by atoms with Gasteiger partial charge < -0.3 is 4.90 Å². The molecule has 0 unspecified atom stereocenters. The SMILES string of the molecule is CC(=O)c1ccccc1C(=O)N1CCCCC1. The second-order valence-electron chi connectivity index (χ2n) is 4.45. The Hall–Kier alpha value is -1.64. The smallest absolute Gasteiger partial charge is 0.254 e. The van der Waals surface area contributed by atoms with E-state index in [0.717, 1.165) is 25.9 Å². The molecule has 1 aliphatic rings. The summed E-state index contributed by atoms with van der Waals surface area (Å²) in [5, 5.41) is 0. The van der Waals surface area contributed by atoms with Crippen LogP contribution in [0, 0.1) is 0 Å². The van der Waals surface area contributed by atoms with Gasteiger partial charge in [0.2, 0.25) is 0 Å². The van der Waals surface area contributed by atoms with Crippen LogP contribution in [0.4, 0.5) is 0 Å². The Kier molecular flexibility index (Phi) is 3.57. The van der Waals surface area contributed by atoms with Crippen molar-refractivity contribution < 1.29 is 9.59 Å². The molecule has 1 saturated heterocycles. The molecule has 0 bridgehead atoms. The zero-order chi connectivity index (χ0) is 12.3. The highest BCUT2D eigenvalue weighted by Gasteiger charge is 2.21. The van der Waals surface area contributed by atoms with E-state index >= 15 is 0 Å². The van der Waals surface area contributed by atoms with Crippen molar-refractivity contribution in [3.63, 3.8) is 0 Å². The van der Waals surface area contributed by atoms with Gasteiger partial charge in [-0.3, -0.25) is 9.59 Å². The predicted molar refractivity (Wildman–Crippen MR) is 66.2 cm³/mol. The lowest BCUT2D eigenvalue weighted by molar-refractivity contribution is 0.0720. The highest BCUT2D eigenvalue weighted by Crippen LogP contribution is 2.16. The third kappa shape index (κ3) is 2.54. The number of carbonyl (C=O) groups excluding carboxylic acids is 2. The fraction of sp³-hybridized carbons (Fsp3) is 0.429. The first-order valence-electron chi connectivity index (χ1n) is 6.09. The topological polar surface area (TPSA) is 37.4 Å². The van der Waals surface area contributed by atoms with Gasteiger partial charge in [0.1, 0.15) is 0 Å². The van der Waals surface area contributed by atoms with Gasteiger partial charge in [-0.25, -0.2) is 0 Å². The molecule has 0 saturated carbocycles. The molecule has 0 spiro atoms. The van der Waals surface area contributed by atoms with Gasteiger partial charge in [0.25, 0.3) is 5.91 Å². The fourth-order valence-electron chi connectivity index (χ4n) is 2.24. The average molecular weight is 231 g/mol. The van der Waals surface area contributed by atoms with Crippen LogP contribution in [0.2, 0.25) is 0 Å². The van der Waals surface area contributed by atoms with Gasteiger partial charge in [0, 0.05) is 18.7 Å². The molecule has 0 radical (unpaired) electrons. The van der Waals surface area contributed by atoms with Gasteiger partial charge in [-0.1, -0.05) is 18.2 Å². The summed E-state index contributed by atoms with van der Waals surface area (Å²) >= 11 is 0. The molecule has 0 N–H and O–H groups in total. The average Bonchev–Trinajstić information content (AvgIpc) is 2.39. The molecule has 1 aliphatic heterocycles. The Balaban J connectivity index is 2.26. The van der Waals surface area contributed by atoms with Crippen LogP contribution >= 0.6 is 0 Å². The minimum atomic E-state index is -0.0500. The van der Waals surface area contributed by atoms with Crippen LogP contribution in [0.15, 0.2) is 24.3 Å². The fourth-order valence-corrected chi connectivity index (χ4v) is 2.24. The van der Waals surface area contributed by atoms with Crippen LogP contribution in [0.5, 0.6) is 0 Å². The molecule has 0 aromatic heterocycles. The van der Waals surface area contributed by atoms with Crippen molar-refractivity contribution in [2.75, 3.05) is 13.1 Å². The van der Waals surface area contributed by atoms with Crippen molar-refractivity contribution >= 4 is 11.7 Å². The molecule has 0 atom stereocenters. The Bertz CT molecular complexity index is 434. The Labute approximate surface area is 101 Å². The quantitative estimate of drug-likeness (QED) is 0.733. The zero-order valence-electron chi connectivity index (χ0n) is 10.1. The maximum absolute atomic E-state index is 12.3. The van der Waals surface area contributed by atoms with Crippen molar-refractivity contribution in [1.29, 1.82) is 0 Å². The zero-order valence-corrected chi connectivity index (χ0v) is 10.1. The third-order valence-corrected chi connectivity index (χ3v) is 3.18. The molecule has 1 fully saturated rings. The molecule has 17 heavy (non-hydrogen) atoms. The number of nitrogens with zero attached hydrogens (tertiary/aromatic N) is 1. The lowest BCUT2D eigenvalue weighted by Crippen LogP contribution is -2.36. The molecule has 1 aromatic rings. The van der Waals surface area contributed by atoms with E-state index in [0.29, 0.717) is 11.1 Å². The Morgan fingerprint density at radius 2 is 1.59 bits per heavy atom. The monoisotopic (exact) mass is 231 g/mol. The normalized spacial score (nSPS) is 15.7. The second kappa shape index (κ2) is 5.13. The summed E-state index contributed by atoms with van der Waals surface area (Å²) < 4.78 is 0. The van der Waals surface area contributed by atoms with Crippen LogP contribution in [0.1, 0.15) is 46.9 Å². The van der Waals surface area contributed by atoms with Gasteiger partial charge in [0.05, 0.1) is 5.56 Å². The molecule has 0 aliphatic carbocycles. The molecule has 90 valence electrons. The van der Waals surface area contributed by atoms with Gasteiger partial charge in [0.15, 0.2) is 5.78 Å². The predicted octanol–water partition coefficient (Wildman–Crippen LogP) is 2.52. The number of carbonyl (C=O) groups is 2. The van der Waals surface area contributed by atoms with Crippen molar-refractivity contribution in [3.8, 4) is 0 Å². The first-order chi connectivity index (χ1) is 8.20. The van der Waals surface area contributed by atoms with E-state index in [2.05, 4.69) is 0 Å². The van der Waals surface area contributed by atoms with Crippen LogP contribution in [-0.2, 0) is 0 Å². The van der Waals surface area contributed by atoms with Gasteiger partial charge in [-0.05, 0) is 32.3 Å². The summed E-state index contributed by atoms with van der Waals surface area (Å²) in [5.74, 6) is -0.0542. The number of rotatable bonds is 2. The number of hydrogen-bond acceptors (Lipinski definition) is 2. The third-order valence-electron chi connectivity index (χ3n) is 3.18. The molecular weight excluding hydrogens is 214 g/mol. The number of amides is 1. The van der Waals surface area contributed by atoms with Crippen molar-refractivity contribution in [2.45, 2.75) is 26.2 Å². The molecule has 3 nitrogen and oxygen atoms in total. The highest BCUT2D eigenvalue weighted by atomic mass is 16.2. The first-order valence-corrected chi connectivity index (χ1v) is 6.09. The Morgan fingerprint density at radius 3 is 2.18 bits per heavy atom.